The van der Waals surface area contributed by atoms with Crippen molar-refractivity contribution in [1.29, 1.82) is 0 Å². The molecule has 0 aliphatic carbocycles. The molecule has 0 aromatic heterocycles. The summed E-state index contributed by atoms with van der Waals surface area (Å²) in [5.74, 6) is 0.312. The molecule has 1 heterocycles. The number of rotatable bonds is 6. The quantitative estimate of drug-likeness (QED) is 0.681. The van der Waals surface area contributed by atoms with Gasteiger partial charge in [0.1, 0.15) is 0 Å². The number of hydrogen-bond acceptors (Lipinski definition) is 4. The molecule has 4 heteroatoms. The van der Waals surface area contributed by atoms with Crippen LogP contribution in [0, 0.1) is 5.92 Å². The molecule has 4 nitrogen and oxygen atoms in total. The fourth-order valence-corrected chi connectivity index (χ4v) is 1.72. The summed E-state index contributed by atoms with van der Waals surface area (Å²) in [7, 11) is 0. The summed E-state index contributed by atoms with van der Waals surface area (Å²) in [4.78, 5) is 0. The molecule has 0 saturated carbocycles. The Morgan fingerprint density at radius 1 is 1.53 bits per heavy atom. The maximum atomic E-state index is 9.17. The summed E-state index contributed by atoms with van der Waals surface area (Å²) in [6.07, 6.45) is 2.08. The van der Waals surface area contributed by atoms with Gasteiger partial charge < -0.3 is 20.3 Å². The Morgan fingerprint density at radius 2 is 2.27 bits per heavy atom. The summed E-state index contributed by atoms with van der Waals surface area (Å²) >= 11 is 0. The highest BCUT2D eigenvalue weighted by atomic mass is 16.5. The number of aliphatic hydroxyl groups excluding tert-OH is 1. The maximum Gasteiger partial charge on any atom is 0.0959 e. The zero-order valence-electron chi connectivity index (χ0n) is 9.69. The Kier molecular flexibility index (Phi) is 5.53. The molecule has 0 aromatic carbocycles. The largest absolute Gasteiger partial charge is 0.394 e. The molecule has 0 amide bonds. The van der Waals surface area contributed by atoms with E-state index in [-0.39, 0.29) is 24.9 Å². The van der Waals surface area contributed by atoms with Crippen LogP contribution in [0.5, 0.6) is 0 Å². The zero-order valence-corrected chi connectivity index (χ0v) is 9.69. The standard InChI is InChI=1S/C11H23NO3/c1-8(2)11(12)10(6-13)15-7-9-4-3-5-14-9/h8-11,13H,3-7,12H2,1-2H3. The summed E-state index contributed by atoms with van der Waals surface area (Å²) in [6, 6.07) is -0.114. The van der Waals surface area contributed by atoms with Crippen LogP contribution < -0.4 is 5.73 Å². The van der Waals surface area contributed by atoms with Crippen LogP contribution in [0.4, 0.5) is 0 Å². The molecule has 0 radical (unpaired) electrons. The lowest BCUT2D eigenvalue weighted by Crippen LogP contribution is -2.44. The Balaban J connectivity index is 2.26. The summed E-state index contributed by atoms with van der Waals surface area (Å²) in [6.45, 7) is 5.41. The molecule has 1 rings (SSSR count). The van der Waals surface area contributed by atoms with Crippen molar-refractivity contribution in [2.75, 3.05) is 19.8 Å². The average molecular weight is 217 g/mol. The molecule has 90 valence electrons. The molecule has 3 atom stereocenters. The van der Waals surface area contributed by atoms with Crippen LogP contribution >= 0.6 is 0 Å². The Labute approximate surface area is 91.7 Å². The van der Waals surface area contributed by atoms with Crippen molar-refractivity contribution < 1.29 is 14.6 Å². The van der Waals surface area contributed by atoms with Gasteiger partial charge in [0.05, 0.1) is 25.4 Å². The molecule has 0 spiro atoms. The average Bonchev–Trinajstić information content (AvgIpc) is 2.71. The molecular formula is C11H23NO3. The monoisotopic (exact) mass is 217 g/mol. The van der Waals surface area contributed by atoms with Gasteiger partial charge in [-0.1, -0.05) is 13.8 Å². The molecule has 15 heavy (non-hydrogen) atoms. The first-order chi connectivity index (χ1) is 7.15. The van der Waals surface area contributed by atoms with Gasteiger partial charge in [-0.3, -0.25) is 0 Å². The lowest BCUT2D eigenvalue weighted by molar-refractivity contribution is -0.0539. The smallest absolute Gasteiger partial charge is 0.0959 e. The molecule has 1 fully saturated rings. The van der Waals surface area contributed by atoms with Gasteiger partial charge in [0.2, 0.25) is 0 Å². The molecular weight excluding hydrogens is 194 g/mol. The number of hydrogen-bond donors (Lipinski definition) is 2. The fraction of sp³-hybridized carbons (Fsp3) is 1.00. The van der Waals surface area contributed by atoms with E-state index in [1.165, 1.54) is 0 Å². The van der Waals surface area contributed by atoms with Gasteiger partial charge in [-0.25, -0.2) is 0 Å². The normalized spacial score (nSPS) is 25.8. The molecule has 0 aromatic rings. The SMILES string of the molecule is CC(C)C(N)C(CO)OCC1CCCO1. The minimum Gasteiger partial charge on any atom is -0.394 e. The lowest BCUT2D eigenvalue weighted by Gasteiger charge is -2.26. The highest BCUT2D eigenvalue weighted by molar-refractivity contribution is 4.76. The van der Waals surface area contributed by atoms with Crippen LogP contribution in [0.15, 0.2) is 0 Å². The topological polar surface area (TPSA) is 64.7 Å². The first-order valence-corrected chi connectivity index (χ1v) is 5.74. The van der Waals surface area contributed by atoms with E-state index in [2.05, 4.69) is 0 Å². The predicted octanol–water partition coefficient (Wildman–Crippen LogP) is 0.526. The van der Waals surface area contributed by atoms with Crippen LogP contribution in [0.2, 0.25) is 0 Å². The van der Waals surface area contributed by atoms with Crippen LogP contribution in [-0.2, 0) is 9.47 Å². The first-order valence-electron chi connectivity index (χ1n) is 5.74. The molecule has 1 aliphatic rings. The van der Waals surface area contributed by atoms with Crippen molar-refractivity contribution in [1.82, 2.24) is 0 Å². The van der Waals surface area contributed by atoms with Crippen molar-refractivity contribution in [3.05, 3.63) is 0 Å². The van der Waals surface area contributed by atoms with Gasteiger partial charge in [-0.05, 0) is 18.8 Å². The number of nitrogens with two attached hydrogens (primary N) is 1. The number of ether oxygens (including phenoxy) is 2. The third-order valence-corrected chi connectivity index (χ3v) is 2.90. The van der Waals surface area contributed by atoms with Gasteiger partial charge in [-0.2, -0.15) is 0 Å². The van der Waals surface area contributed by atoms with Crippen molar-refractivity contribution >= 4 is 0 Å². The Morgan fingerprint density at radius 3 is 2.73 bits per heavy atom. The fourth-order valence-electron chi connectivity index (χ4n) is 1.72. The van der Waals surface area contributed by atoms with E-state index < -0.39 is 0 Å². The van der Waals surface area contributed by atoms with E-state index >= 15 is 0 Å². The second kappa shape index (κ2) is 6.43. The van der Waals surface area contributed by atoms with Gasteiger partial charge in [0, 0.05) is 12.6 Å². The second-order valence-corrected chi connectivity index (χ2v) is 4.51. The van der Waals surface area contributed by atoms with Gasteiger partial charge in [0.25, 0.3) is 0 Å². The Bertz CT molecular complexity index is 169. The third-order valence-electron chi connectivity index (χ3n) is 2.90. The summed E-state index contributed by atoms with van der Waals surface area (Å²) in [5, 5.41) is 9.17. The van der Waals surface area contributed by atoms with Crippen LogP contribution in [-0.4, -0.2) is 43.2 Å². The van der Waals surface area contributed by atoms with E-state index in [9.17, 15) is 5.11 Å². The maximum absolute atomic E-state index is 9.17. The van der Waals surface area contributed by atoms with Crippen LogP contribution in [0.1, 0.15) is 26.7 Å². The molecule has 0 bridgehead atoms. The first kappa shape index (κ1) is 12.9. The zero-order chi connectivity index (χ0) is 11.3. The molecule has 3 N–H and O–H groups in total. The highest BCUT2D eigenvalue weighted by Gasteiger charge is 2.23. The predicted molar refractivity (Wildman–Crippen MR) is 58.6 cm³/mol. The van der Waals surface area contributed by atoms with Crippen LogP contribution in [0.3, 0.4) is 0 Å². The van der Waals surface area contributed by atoms with E-state index in [4.69, 9.17) is 15.2 Å². The Hall–Kier alpha value is -0.160. The lowest BCUT2D eigenvalue weighted by atomic mass is 10.00. The molecule has 1 saturated heterocycles. The molecule has 1 aliphatic heterocycles. The third kappa shape index (κ3) is 4.07. The van der Waals surface area contributed by atoms with Gasteiger partial charge >= 0.3 is 0 Å². The number of aliphatic hydroxyl groups is 1. The van der Waals surface area contributed by atoms with Gasteiger partial charge in [-0.15, -0.1) is 0 Å². The van der Waals surface area contributed by atoms with Crippen LogP contribution in [0.25, 0.3) is 0 Å². The van der Waals surface area contributed by atoms with Crippen molar-refractivity contribution in [2.24, 2.45) is 11.7 Å². The van der Waals surface area contributed by atoms with Gasteiger partial charge in [0.15, 0.2) is 0 Å². The minimum absolute atomic E-state index is 0.0218. The van der Waals surface area contributed by atoms with Crippen molar-refractivity contribution in [3.8, 4) is 0 Å². The van der Waals surface area contributed by atoms with Crippen molar-refractivity contribution in [2.45, 2.75) is 44.9 Å². The highest BCUT2D eigenvalue weighted by Crippen LogP contribution is 2.14. The van der Waals surface area contributed by atoms with Crippen molar-refractivity contribution in [3.63, 3.8) is 0 Å². The van der Waals surface area contributed by atoms with E-state index in [1.807, 2.05) is 13.8 Å². The second-order valence-electron chi connectivity index (χ2n) is 4.51. The molecule has 3 unspecified atom stereocenters. The van der Waals surface area contributed by atoms with E-state index in [1.54, 1.807) is 0 Å². The minimum atomic E-state index is -0.269. The summed E-state index contributed by atoms with van der Waals surface area (Å²) in [5.41, 5.74) is 5.93. The van der Waals surface area contributed by atoms with E-state index in [0.29, 0.717) is 12.5 Å². The van der Waals surface area contributed by atoms with E-state index in [0.717, 1.165) is 19.4 Å². The summed E-state index contributed by atoms with van der Waals surface area (Å²) < 4.78 is 11.0.